The standard InChI is InChI=1S/C28H40FN/c1-2-3-4-7-22-10-12-23(13-11-22)8-5-6-9-24-14-16-25(17-15-24)26-18-19-27(21-30)28(29)20-26/h5,8,18-20,22-25H,2-4,6-7,9-17H2,1H3/b8-5+. The Morgan fingerprint density at radius 1 is 0.967 bits per heavy atom. The first kappa shape index (κ1) is 23.1. The van der Waals surface area contributed by atoms with E-state index in [1.54, 1.807) is 12.1 Å². The molecule has 0 aromatic heterocycles. The first-order valence-electron chi connectivity index (χ1n) is 12.6. The minimum Gasteiger partial charge on any atom is -0.206 e. The van der Waals surface area contributed by atoms with Crippen LogP contribution in [0.1, 0.15) is 114 Å². The quantitative estimate of drug-likeness (QED) is 0.295. The van der Waals surface area contributed by atoms with Gasteiger partial charge in [0.15, 0.2) is 0 Å². The molecule has 2 fully saturated rings. The molecule has 30 heavy (non-hydrogen) atoms. The van der Waals surface area contributed by atoms with E-state index in [1.807, 2.05) is 12.1 Å². The Hall–Kier alpha value is -1.62. The molecular weight excluding hydrogens is 369 g/mol. The summed E-state index contributed by atoms with van der Waals surface area (Å²) in [6.45, 7) is 2.30. The average molecular weight is 410 g/mol. The van der Waals surface area contributed by atoms with Crippen LogP contribution in [0.15, 0.2) is 30.4 Å². The van der Waals surface area contributed by atoms with Crippen molar-refractivity contribution in [2.24, 2.45) is 17.8 Å². The van der Waals surface area contributed by atoms with E-state index < -0.39 is 0 Å². The van der Waals surface area contributed by atoms with Crippen LogP contribution in [0.2, 0.25) is 0 Å². The van der Waals surface area contributed by atoms with Gasteiger partial charge in [0.25, 0.3) is 0 Å². The van der Waals surface area contributed by atoms with Crippen LogP contribution in [-0.2, 0) is 0 Å². The molecule has 0 bridgehead atoms. The Morgan fingerprint density at radius 2 is 1.67 bits per heavy atom. The lowest BCUT2D eigenvalue weighted by Gasteiger charge is -2.29. The topological polar surface area (TPSA) is 23.8 Å². The third kappa shape index (κ3) is 6.97. The summed E-state index contributed by atoms with van der Waals surface area (Å²) in [5.41, 5.74) is 1.24. The van der Waals surface area contributed by atoms with Crippen LogP contribution in [0.4, 0.5) is 4.39 Å². The van der Waals surface area contributed by atoms with Gasteiger partial charge in [-0.15, -0.1) is 0 Å². The first-order chi connectivity index (χ1) is 14.7. The van der Waals surface area contributed by atoms with Crippen molar-refractivity contribution in [2.45, 2.75) is 103 Å². The highest BCUT2D eigenvalue weighted by Gasteiger charge is 2.23. The normalized spacial score (nSPS) is 27.2. The molecule has 2 heteroatoms. The Morgan fingerprint density at radius 3 is 2.33 bits per heavy atom. The highest BCUT2D eigenvalue weighted by Crippen LogP contribution is 2.38. The highest BCUT2D eigenvalue weighted by molar-refractivity contribution is 5.34. The maximum Gasteiger partial charge on any atom is 0.141 e. The van der Waals surface area contributed by atoms with E-state index in [1.165, 1.54) is 77.0 Å². The molecule has 0 unspecified atom stereocenters. The molecule has 0 radical (unpaired) electrons. The van der Waals surface area contributed by atoms with Crippen LogP contribution >= 0.6 is 0 Å². The Labute approximate surface area is 183 Å². The number of hydrogen-bond donors (Lipinski definition) is 0. The van der Waals surface area contributed by atoms with Crippen LogP contribution < -0.4 is 0 Å². The lowest BCUT2D eigenvalue weighted by molar-refractivity contribution is 0.288. The van der Waals surface area contributed by atoms with Gasteiger partial charge in [-0.3, -0.25) is 0 Å². The summed E-state index contributed by atoms with van der Waals surface area (Å²) < 4.78 is 13.9. The largest absolute Gasteiger partial charge is 0.206 e. The summed E-state index contributed by atoms with van der Waals surface area (Å²) >= 11 is 0. The smallest absolute Gasteiger partial charge is 0.141 e. The molecule has 0 amide bonds. The van der Waals surface area contributed by atoms with Gasteiger partial charge in [0.2, 0.25) is 0 Å². The monoisotopic (exact) mass is 409 g/mol. The van der Waals surface area contributed by atoms with Crippen LogP contribution in [0.5, 0.6) is 0 Å². The number of nitrogens with zero attached hydrogens (tertiary/aromatic N) is 1. The molecule has 2 aliphatic carbocycles. The van der Waals surface area contributed by atoms with E-state index >= 15 is 0 Å². The predicted molar refractivity (Wildman–Crippen MR) is 124 cm³/mol. The van der Waals surface area contributed by atoms with Gasteiger partial charge in [-0.2, -0.15) is 5.26 Å². The molecule has 3 rings (SSSR count). The van der Waals surface area contributed by atoms with Crippen molar-refractivity contribution in [3.63, 3.8) is 0 Å². The minimum absolute atomic E-state index is 0.157. The average Bonchev–Trinajstić information content (AvgIpc) is 2.78. The third-order valence-corrected chi connectivity index (χ3v) is 7.69. The molecule has 1 aromatic rings. The van der Waals surface area contributed by atoms with E-state index in [0.29, 0.717) is 5.92 Å². The molecule has 2 aliphatic rings. The minimum atomic E-state index is -0.364. The molecule has 1 aromatic carbocycles. The number of hydrogen-bond acceptors (Lipinski definition) is 1. The Bertz CT molecular complexity index is 700. The van der Waals surface area contributed by atoms with Crippen LogP contribution in [-0.4, -0.2) is 0 Å². The third-order valence-electron chi connectivity index (χ3n) is 7.69. The molecule has 0 spiro atoms. The predicted octanol–water partition coefficient (Wildman–Crippen LogP) is 8.69. The zero-order valence-electron chi connectivity index (χ0n) is 18.9. The number of unbranched alkanes of at least 4 members (excludes halogenated alkanes) is 2. The van der Waals surface area contributed by atoms with E-state index in [9.17, 15) is 4.39 Å². The van der Waals surface area contributed by atoms with Gasteiger partial charge in [0.05, 0.1) is 5.56 Å². The summed E-state index contributed by atoms with van der Waals surface area (Å²) in [7, 11) is 0. The maximum absolute atomic E-state index is 13.9. The second-order valence-electron chi connectivity index (χ2n) is 9.85. The summed E-state index contributed by atoms with van der Waals surface area (Å²) in [5.74, 6) is 2.75. The fourth-order valence-electron chi connectivity index (χ4n) is 5.63. The molecule has 1 nitrogen and oxygen atoms in total. The summed E-state index contributed by atoms with van der Waals surface area (Å²) in [5, 5.41) is 8.90. The Balaban J connectivity index is 1.31. The van der Waals surface area contributed by atoms with Crippen molar-refractivity contribution >= 4 is 0 Å². The van der Waals surface area contributed by atoms with Gasteiger partial charge < -0.3 is 0 Å². The molecule has 0 atom stereocenters. The number of halogens is 1. The van der Waals surface area contributed by atoms with E-state index in [0.717, 1.165) is 36.2 Å². The van der Waals surface area contributed by atoms with Gasteiger partial charge in [-0.1, -0.05) is 50.8 Å². The lowest BCUT2D eigenvalue weighted by Crippen LogP contribution is -2.14. The summed E-state index contributed by atoms with van der Waals surface area (Å²) in [6, 6.07) is 7.09. The van der Waals surface area contributed by atoms with Crippen LogP contribution in [0, 0.1) is 34.9 Å². The summed E-state index contributed by atoms with van der Waals surface area (Å²) in [6.07, 6.45) is 23.7. The van der Waals surface area contributed by atoms with Crippen molar-refractivity contribution in [1.29, 1.82) is 5.26 Å². The SMILES string of the molecule is CCCCCC1CCC(/C=C/CCC2CCC(c3ccc(C#N)c(F)c3)CC2)CC1. The van der Waals surface area contributed by atoms with Crippen molar-refractivity contribution in [3.05, 3.63) is 47.3 Å². The van der Waals surface area contributed by atoms with Gasteiger partial charge in [-0.05, 0) is 106 Å². The van der Waals surface area contributed by atoms with Gasteiger partial charge in [0.1, 0.15) is 11.9 Å². The lowest BCUT2D eigenvalue weighted by atomic mass is 9.77. The van der Waals surface area contributed by atoms with Gasteiger partial charge >= 0.3 is 0 Å². The highest BCUT2D eigenvalue weighted by atomic mass is 19.1. The zero-order valence-corrected chi connectivity index (χ0v) is 18.9. The number of rotatable bonds is 9. The van der Waals surface area contributed by atoms with Gasteiger partial charge in [0, 0.05) is 0 Å². The molecule has 0 aliphatic heterocycles. The second kappa shape index (κ2) is 12.3. The molecule has 2 saturated carbocycles. The van der Waals surface area contributed by atoms with Gasteiger partial charge in [-0.25, -0.2) is 4.39 Å². The molecule has 0 heterocycles. The summed E-state index contributed by atoms with van der Waals surface area (Å²) in [4.78, 5) is 0. The van der Waals surface area contributed by atoms with E-state index in [2.05, 4.69) is 19.1 Å². The molecular formula is C28H40FN. The molecule has 0 N–H and O–H groups in total. The second-order valence-corrected chi connectivity index (χ2v) is 9.85. The van der Waals surface area contributed by atoms with Crippen LogP contribution in [0.3, 0.4) is 0 Å². The van der Waals surface area contributed by atoms with Crippen molar-refractivity contribution in [1.82, 2.24) is 0 Å². The zero-order chi connectivity index (χ0) is 21.2. The Kier molecular flexibility index (Phi) is 9.44. The number of allylic oxidation sites excluding steroid dienone is 2. The van der Waals surface area contributed by atoms with Crippen molar-refractivity contribution in [3.8, 4) is 6.07 Å². The molecule has 0 saturated heterocycles. The van der Waals surface area contributed by atoms with Crippen molar-refractivity contribution in [2.75, 3.05) is 0 Å². The fourth-order valence-corrected chi connectivity index (χ4v) is 5.63. The number of nitriles is 1. The van der Waals surface area contributed by atoms with Crippen molar-refractivity contribution < 1.29 is 4.39 Å². The fraction of sp³-hybridized carbons (Fsp3) is 0.679. The molecule has 164 valence electrons. The maximum atomic E-state index is 13.9. The first-order valence-corrected chi connectivity index (χ1v) is 12.6. The van der Waals surface area contributed by atoms with Crippen LogP contribution in [0.25, 0.3) is 0 Å². The number of benzene rings is 1. The van der Waals surface area contributed by atoms with E-state index in [-0.39, 0.29) is 11.4 Å². The van der Waals surface area contributed by atoms with E-state index in [4.69, 9.17) is 5.26 Å².